The minimum atomic E-state index is -0.343. The quantitative estimate of drug-likeness (QED) is 0.643. The lowest BCUT2D eigenvalue weighted by Crippen LogP contribution is -2.41. The molecule has 0 radical (unpaired) electrons. The maximum atomic E-state index is 11.2. The molecular formula is C13H17BrN2O3. The Morgan fingerprint density at radius 1 is 1.47 bits per heavy atom. The number of hydrogen-bond donors (Lipinski definition) is 1. The molecule has 0 unspecified atom stereocenters. The smallest absolute Gasteiger partial charge is 0.293 e. The zero-order chi connectivity index (χ0) is 13.8. The summed E-state index contributed by atoms with van der Waals surface area (Å²) >= 11 is 3.27. The number of anilines is 1. The van der Waals surface area contributed by atoms with Crippen molar-refractivity contribution in [1.82, 2.24) is 0 Å². The van der Waals surface area contributed by atoms with Crippen LogP contribution in [0, 0.1) is 10.1 Å². The molecule has 0 amide bonds. The number of rotatable bonds is 6. The highest BCUT2D eigenvalue weighted by Gasteiger charge is 2.29. The lowest BCUT2D eigenvalue weighted by Gasteiger charge is -2.39. The summed E-state index contributed by atoms with van der Waals surface area (Å²) in [6.45, 7) is 0.761. The van der Waals surface area contributed by atoms with Crippen molar-refractivity contribution in [2.24, 2.45) is 0 Å². The maximum Gasteiger partial charge on any atom is 0.293 e. The summed E-state index contributed by atoms with van der Waals surface area (Å²) < 4.78 is 0.707. The number of aliphatic hydroxyl groups excluding tert-OH is 1. The number of aliphatic hydroxyl groups is 1. The summed E-state index contributed by atoms with van der Waals surface area (Å²) in [5.41, 5.74) is 0.783. The van der Waals surface area contributed by atoms with Crippen molar-refractivity contribution in [3.63, 3.8) is 0 Å². The van der Waals surface area contributed by atoms with Gasteiger partial charge in [-0.15, -0.1) is 0 Å². The first-order chi connectivity index (χ1) is 9.13. The Kier molecular flexibility index (Phi) is 4.76. The molecule has 0 aromatic heterocycles. The van der Waals surface area contributed by atoms with Crippen LogP contribution >= 0.6 is 15.9 Å². The fourth-order valence-corrected chi connectivity index (χ4v) is 2.67. The third-order valence-electron chi connectivity index (χ3n) is 3.52. The molecule has 6 heteroatoms. The van der Waals surface area contributed by atoms with E-state index < -0.39 is 0 Å². The highest BCUT2D eigenvalue weighted by atomic mass is 79.9. The molecule has 0 saturated heterocycles. The largest absolute Gasteiger partial charge is 0.396 e. The first kappa shape index (κ1) is 14.3. The van der Waals surface area contributed by atoms with Gasteiger partial charge in [0.25, 0.3) is 5.69 Å². The molecule has 1 aliphatic carbocycles. The van der Waals surface area contributed by atoms with Crippen LogP contribution in [0.5, 0.6) is 0 Å². The van der Waals surface area contributed by atoms with Crippen LogP contribution in [-0.4, -0.2) is 29.2 Å². The Bertz CT molecular complexity index is 463. The normalized spacial score (nSPS) is 15.1. The molecule has 5 nitrogen and oxygen atoms in total. The molecule has 0 spiro atoms. The van der Waals surface area contributed by atoms with Crippen molar-refractivity contribution in [2.75, 3.05) is 18.1 Å². The third kappa shape index (κ3) is 3.25. The average Bonchev–Trinajstić information content (AvgIpc) is 2.32. The molecule has 1 saturated carbocycles. The van der Waals surface area contributed by atoms with Crippen molar-refractivity contribution in [1.29, 1.82) is 0 Å². The molecule has 0 atom stereocenters. The monoisotopic (exact) mass is 328 g/mol. The predicted octanol–water partition coefficient (Wildman–Crippen LogP) is 3.10. The third-order valence-corrected chi connectivity index (χ3v) is 4.01. The van der Waals surface area contributed by atoms with Gasteiger partial charge in [0.05, 0.1) is 4.92 Å². The highest BCUT2D eigenvalue weighted by molar-refractivity contribution is 9.10. The Balaban J connectivity index is 2.31. The molecular weight excluding hydrogens is 312 g/mol. The second kappa shape index (κ2) is 6.34. The molecule has 2 rings (SSSR count). The topological polar surface area (TPSA) is 66.6 Å². The molecule has 1 aliphatic rings. The van der Waals surface area contributed by atoms with Gasteiger partial charge in [-0.2, -0.15) is 0 Å². The number of nitrogens with zero attached hydrogens (tertiary/aromatic N) is 2. The number of benzene rings is 1. The molecule has 1 fully saturated rings. The molecule has 104 valence electrons. The van der Waals surface area contributed by atoms with E-state index in [0.29, 0.717) is 29.2 Å². The van der Waals surface area contributed by atoms with Crippen LogP contribution in [0.2, 0.25) is 0 Å². The van der Waals surface area contributed by atoms with Crippen molar-refractivity contribution in [3.8, 4) is 0 Å². The summed E-state index contributed by atoms with van der Waals surface area (Å²) in [6, 6.07) is 5.52. The number of nitro groups is 1. The van der Waals surface area contributed by atoms with Crippen molar-refractivity contribution in [2.45, 2.75) is 31.7 Å². The van der Waals surface area contributed by atoms with Gasteiger partial charge in [0.1, 0.15) is 5.69 Å². The summed E-state index contributed by atoms with van der Waals surface area (Å²) in [7, 11) is 0. The number of nitro benzene ring substituents is 1. The summed E-state index contributed by atoms with van der Waals surface area (Å²) in [4.78, 5) is 12.9. The van der Waals surface area contributed by atoms with Gasteiger partial charge in [-0.25, -0.2) is 0 Å². The van der Waals surface area contributed by atoms with Gasteiger partial charge in [-0.05, 0) is 37.8 Å². The second-order valence-electron chi connectivity index (χ2n) is 4.75. The zero-order valence-electron chi connectivity index (χ0n) is 10.6. The van der Waals surface area contributed by atoms with E-state index in [2.05, 4.69) is 20.8 Å². The standard InChI is InChI=1S/C13H17BrN2O3/c14-10-5-6-12(13(9-10)16(18)19)15(7-2-8-17)11-3-1-4-11/h5-6,9,11,17H,1-4,7-8H2. The van der Waals surface area contributed by atoms with E-state index in [0.717, 1.165) is 12.8 Å². The van der Waals surface area contributed by atoms with E-state index in [9.17, 15) is 10.1 Å². The van der Waals surface area contributed by atoms with E-state index in [-0.39, 0.29) is 17.2 Å². The SMILES string of the molecule is O=[N+]([O-])c1cc(Br)ccc1N(CCCO)C1CCC1. The van der Waals surface area contributed by atoms with Crippen LogP contribution in [0.25, 0.3) is 0 Å². The molecule has 19 heavy (non-hydrogen) atoms. The fourth-order valence-electron chi connectivity index (χ4n) is 2.32. The number of hydrogen-bond acceptors (Lipinski definition) is 4. The fraction of sp³-hybridized carbons (Fsp3) is 0.538. The van der Waals surface area contributed by atoms with Crippen molar-refractivity contribution >= 4 is 27.3 Å². The van der Waals surface area contributed by atoms with Gasteiger partial charge in [0, 0.05) is 29.7 Å². The van der Waals surface area contributed by atoms with Crippen LogP contribution in [0.4, 0.5) is 11.4 Å². The van der Waals surface area contributed by atoms with Gasteiger partial charge in [-0.1, -0.05) is 15.9 Å². The van der Waals surface area contributed by atoms with Gasteiger partial charge >= 0.3 is 0 Å². The minimum Gasteiger partial charge on any atom is -0.396 e. The van der Waals surface area contributed by atoms with E-state index in [1.807, 2.05) is 6.07 Å². The molecule has 0 heterocycles. The molecule has 0 bridgehead atoms. The Morgan fingerprint density at radius 3 is 2.74 bits per heavy atom. The van der Waals surface area contributed by atoms with Crippen LogP contribution in [0.3, 0.4) is 0 Å². The minimum absolute atomic E-state index is 0.105. The molecule has 1 N–H and O–H groups in total. The average molecular weight is 329 g/mol. The van der Waals surface area contributed by atoms with Crippen molar-refractivity contribution < 1.29 is 10.0 Å². The number of halogens is 1. The van der Waals surface area contributed by atoms with E-state index in [1.54, 1.807) is 12.1 Å². The summed E-state index contributed by atoms with van der Waals surface area (Å²) in [6.07, 6.45) is 3.94. The van der Waals surface area contributed by atoms with Gasteiger partial charge in [-0.3, -0.25) is 10.1 Å². The van der Waals surface area contributed by atoms with E-state index in [1.165, 1.54) is 6.42 Å². The molecule has 1 aromatic carbocycles. The van der Waals surface area contributed by atoms with Crippen LogP contribution in [-0.2, 0) is 0 Å². The molecule has 0 aliphatic heterocycles. The predicted molar refractivity (Wildman–Crippen MR) is 77.5 cm³/mol. The first-order valence-electron chi connectivity index (χ1n) is 6.45. The lowest BCUT2D eigenvalue weighted by molar-refractivity contribution is -0.384. The summed E-state index contributed by atoms with van der Waals surface area (Å²) in [5, 5.41) is 20.2. The van der Waals surface area contributed by atoms with Crippen LogP contribution in [0.15, 0.2) is 22.7 Å². The molecule has 1 aromatic rings. The van der Waals surface area contributed by atoms with E-state index in [4.69, 9.17) is 5.11 Å². The second-order valence-corrected chi connectivity index (χ2v) is 5.66. The zero-order valence-corrected chi connectivity index (χ0v) is 12.2. The van der Waals surface area contributed by atoms with Gasteiger partial charge in [0.2, 0.25) is 0 Å². The van der Waals surface area contributed by atoms with E-state index >= 15 is 0 Å². The maximum absolute atomic E-state index is 11.2. The Hall–Kier alpha value is -1.14. The summed E-state index contributed by atoms with van der Waals surface area (Å²) in [5.74, 6) is 0. The Labute approximate surface area is 120 Å². The van der Waals surface area contributed by atoms with Crippen LogP contribution < -0.4 is 4.90 Å². The van der Waals surface area contributed by atoms with Crippen LogP contribution in [0.1, 0.15) is 25.7 Å². The lowest BCUT2D eigenvalue weighted by atomic mass is 9.90. The van der Waals surface area contributed by atoms with Crippen molar-refractivity contribution in [3.05, 3.63) is 32.8 Å². The van der Waals surface area contributed by atoms with Gasteiger partial charge < -0.3 is 10.0 Å². The Morgan fingerprint density at radius 2 is 2.21 bits per heavy atom. The first-order valence-corrected chi connectivity index (χ1v) is 7.24. The highest BCUT2D eigenvalue weighted by Crippen LogP contribution is 2.36. The van der Waals surface area contributed by atoms with Gasteiger partial charge in [0.15, 0.2) is 0 Å².